The van der Waals surface area contributed by atoms with E-state index in [-0.39, 0.29) is 23.1 Å². The van der Waals surface area contributed by atoms with Gasteiger partial charge in [0, 0.05) is 38.4 Å². The summed E-state index contributed by atoms with van der Waals surface area (Å²) in [6.07, 6.45) is 0. The van der Waals surface area contributed by atoms with Crippen LogP contribution in [-0.4, -0.2) is 64.4 Å². The number of benzene rings is 2. The number of carbonyl (C=O) groups is 1. The third-order valence-electron chi connectivity index (χ3n) is 4.60. The molecule has 0 radical (unpaired) electrons. The number of para-hydroxylation sites is 1. The smallest absolute Gasteiger partial charge is 0.246 e. The van der Waals surface area contributed by atoms with E-state index in [0.717, 1.165) is 15.6 Å². The molecule has 9 heteroatoms. The molecule has 8 nitrogen and oxygen atoms in total. The van der Waals surface area contributed by atoms with Crippen molar-refractivity contribution in [3.05, 3.63) is 48.0 Å². The fourth-order valence-electron chi connectivity index (χ4n) is 3.07. The van der Waals surface area contributed by atoms with Gasteiger partial charge in [0.15, 0.2) is 0 Å². The van der Waals surface area contributed by atoms with Crippen LogP contribution in [0.2, 0.25) is 0 Å². The zero-order chi connectivity index (χ0) is 21.0. The van der Waals surface area contributed by atoms with Crippen LogP contribution in [0.5, 0.6) is 11.5 Å². The molecular formula is C20H25N3O5S. The highest BCUT2D eigenvalue weighted by Crippen LogP contribution is 2.29. The topological polar surface area (TPSA) is 88.2 Å². The first-order valence-corrected chi connectivity index (χ1v) is 10.6. The molecule has 0 spiro atoms. The molecule has 1 N–H and O–H groups in total. The molecule has 29 heavy (non-hydrogen) atoms. The van der Waals surface area contributed by atoms with Crippen LogP contribution in [0.15, 0.2) is 47.4 Å². The maximum absolute atomic E-state index is 12.6. The molecule has 0 aromatic heterocycles. The summed E-state index contributed by atoms with van der Waals surface area (Å²) < 4.78 is 37.1. The van der Waals surface area contributed by atoms with Gasteiger partial charge in [-0.15, -0.1) is 0 Å². The van der Waals surface area contributed by atoms with E-state index in [1.54, 1.807) is 6.07 Å². The average Bonchev–Trinajstić information content (AvgIpc) is 2.89. The van der Waals surface area contributed by atoms with Crippen LogP contribution >= 0.6 is 0 Å². The van der Waals surface area contributed by atoms with Crippen LogP contribution in [-0.2, 0) is 21.4 Å². The minimum atomic E-state index is -3.71. The lowest BCUT2D eigenvalue weighted by Crippen LogP contribution is -2.34. The lowest BCUT2D eigenvalue weighted by molar-refractivity contribution is -0.117. The normalized spacial score (nSPS) is 14.6. The van der Waals surface area contributed by atoms with Gasteiger partial charge >= 0.3 is 0 Å². The van der Waals surface area contributed by atoms with Crippen molar-refractivity contribution >= 4 is 21.6 Å². The van der Waals surface area contributed by atoms with Crippen molar-refractivity contribution in [1.29, 1.82) is 0 Å². The number of amides is 1. The second-order valence-corrected chi connectivity index (χ2v) is 8.99. The molecule has 1 amide bonds. The zero-order valence-corrected chi connectivity index (χ0v) is 17.5. The summed E-state index contributed by atoms with van der Waals surface area (Å²) in [5.74, 6) is 0.824. The number of hydrogen-bond donors (Lipinski definition) is 1. The van der Waals surface area contributed by atoms with Gasteiger partial charge in [-0.25, -0.2) is 12.7 Å². The number of nitrogens with one attached hydrogen (secondary N) is 1. The maximum atomic E-state index is 12.6. The largest absolute Gasteiger partial charge is 0.495 e. The Hall–Kier alpha value is -2.62. The third-order valence-corrected chi connectivity index (χ3v) is 6.44. The number of hydrogen-bond acceptors (Lipinski definition) is 6. The highest BCUT2D eigenvalue weighted by atomic mass is 32.2. The third kappa shape index (κ3) is 4.87. The lowest BCUT2D eigenvalue weighted by atomic mass is 10.2. The molecule has 156 valence electrons. The van der Waals surface area contributed by atoms with Crippen molar-refractivity contribution in [2.24, 2.45) is 0 Å². The standard InChI is InChI=1S/C20H25N3O5S/c1-22(2)29(25,26)19-12-16(8-9-18(19)27-3)21-20(24)14-23-10-11-28-17-7-5-4-6-15(17)13-23/h4-9,12H,10-11,13-14H2,1-3H3,(H,21,24). The van der Waals surface area contributed by atoms with Crippen LogP contribution in [0, 0.1) is 0 Å². The van der Waals surface area contributed by atoms with Crippen molar-refractivity contribution in [2.75, 3.05) is 46.2 Å². The minimum absolute atomic E-state index is 0.0000927. The van der Waals surface area contributed by atoms with Crippen LogP contribution < -0.4 is 14.8 Å². The average molecular weight is 420 g/mol. The first kappa shape index (κ1) is 21.1. The van der Waals surface area contributed by atoms with E-state index in [1.165, 1.54) is 33.3 Å². The number of carbonyl (C=O) groups excluding carboxylic acids is 1. The molecule has 0 atom stereocenters. The van der Waals surface area contributed by atoms with Crippen LogP contribution in [0.3, 0.4) is 0 Å². The first-order valence-electron chi connectivity index (χ1n) is 9.14. The molecule has 0 saturated heterocycles. The molecule has 1 heterocycles. The van der Waals surface area contributed by atoms with E-state index in [9.17, 15) is 13.2 Å². The van der Waals surface area contributed by atoms with Gasteiger partial charge in [0.25, 0.3) is 0 Å². The van der Waals surface area contributed by atoms with E-state index in [0.29, 0.717) is 25.4 Å². The minimum Gasteiger partial charge on any atom is -0.495 e. The van der Waals surface area contributed by atoms with Gasteiger partial charge < -0.3 is 14.8 Å². The quantitative estimate of drug-likeness (QED) is 0.768. The maximum Gasteiger partial charge on any atom is 0.246 e. The van der Waals surface area contributed by atoms with Gasteiger partial charge in [-0.2, -0.15) is 0 Å². The van der Waals surface area contributed by atoms with Gasteiger partial charge in [0.05, 0.1) is 13.7 Å². The molecule has 0 bridgehead atoms. The second kappa shape index (κ2) is 8.81. The SMILES string of the molecule is COc1ccc(NC(=O)CN2CCOc3ccccc3C2)cc1S(=O)(=O)N(C)C. The molecule has 2 aromatic carbocycles. The van der Waals surface area contributed by atoms with Gasteiger partial charge in [0.2, 0.25) is 15.9 Å². The Morgan fingerprint density at radius 2 is 2.00 bits per heavy atom. The summed E-state index contributed by atoms with van der Waals surface area (Å²) in [7, 11) is 0.578. The van der Waals surface area contributed by atoms with Gasteiger partial charge in [-0.1, -0.05) is 18.2 Å². The molecule has 0 unspecified atom stereocenters. The fraction of sp³-hybridized carbons (Fsp3) is 0.350. The Morgan fingerprint density at radius 3 is 2.72 bits per heavy atom. The highest BCUT2D eigenvalue weighted by Gasteiger charge is 2.23. The summed E-state index contributed by atoms with van der Waals surface area (Å²) in [5, 5.41) is 2.78. The molecule has 2 aromatic rings. The van der Waals surface area contributed by atoms with Crippen molar-refractivity contribution < 1.29 is 22.7 Å². The Balaban J connectivity index is 1.73. The van der Waals surface area contributed by atoms with Crippen LogP contribution in [0.25, 0.3) is 0 Å². The number of nitrogens with zero attached hydrogens (tertiary/aromatic N) is 2. The van der Waals surface area contributed by atoms with Crippen LogP contribution in [0.4, 0.5) is 5.69 Å². The van der Waals surface area contributed by atoms with E-state index in [1.807, 2.05) is 29.2 Å². The fourth-order valence-corrected chi connectivity index (χ4v) is 4.15. The summed E-state index contributed by atoms with van der Waals surface area (Å²) in [6, 6.07) is 12.3. The number of fused-ring (bicyclic) bond motifs is 1. The molecule has 3 rings (SSSR count). The Kier molecular flexibility index (Phi) is 6.41. The summed E-state index contributed by atoms with van der Waals surface area (Å²) >= 11 is 0. The van der Waals surface area contributed by atoms with Crippen molar-refractivity contribution in [3.63, 3.8) is 0 Å². The second-order valence-electron chi connectivity index (χ2n) is 6.87. The van der Waals surface area contributed by atoms with E-state index in [4.69, 9.17) is 9.47 Å². The summed E-state index contributed by atoms with van der Waals surface area (Å²) in [4.78, 5) is 14.6. The molecule has 0 saturated carbocycles. The molecule has 1 aliphatic heterocycles. The van der Waals surface area contributed by atoms with E-state index in [2.05, 4.69) is 5.32 Å². The van der Waals surface area contributed by atoms with Gasteiger partial charge in [-0.05, 0) is 24.3 Å². The molecule has 0 aliphatic carbocycles. The Labute approximate surface area is 171 Å². The molecule has 1 aliphatic rings. The number of rotatable bonds is 6. The number of ether oxygens (including phenoxy) is 2. The zero-order valence-electron chi connectivity index (χ0n) is 16.7. The number of anilines is 1. The molecule has 0 fully saturated rings. The predicted octanol–water partition coefficient (Wildman–Crippen LogP) is 1.78. The lowest BCUT2D eigenvalue weighted by Gasteiger charge is -2.19. The Bertz CT molecular complexity index is 991. The van der Waals surface area contributed by atoms with Crippen LogP contribution in [0.1, 0.15) is 5.56 Å². The monoisotopic (exact) mass is 419 g/mol. The predicted molar refractivity (Wildman–Crippen MR) is 110 cm³/mol. The van der Waals surface area contributed by atoms with Crippen molar-refractivity contribution in [1.82, 2.24) is 9.21 Å². The molecular weight excluding hydrogens is 394 g/mol. The summed E-state index contributed by atoms with van der Waals surface area (Å²) in [5.41, 5.74) is 1.42. The summed E-state index contributed by atoms with van der Waals surface area (Å²) in [6.45, 7) is 1.88. The van der Waals surface area contributed by atoms with Crippen molar-refractivity contribution in [2.45, 2.75) is 11.4 Å². The van der Waals surface area contributed by atoms with Gasteiger partial charge in [-0.3, -0.25) is 9.69 Å². The van der Waals surface area contributed by atoms with Gasteiger partial charge in [0.1, 0.15) is 23.0 Å². The number of methoxy groups -OCH3 is 1. The first-order chi connectivity index (χ1) is 13.8. The van der Waals surface area contributed by atoms with E-state index < -0.39 is 10.0 Å². The van der Waals surface area contributed by atoms with E-state index >= 15 is 0 Å². The number of sulfonamides is 1. The highest BCUT2D eigenvalue weighted by molar-refractivity contribution is 7.89. The Morgan fingerprint density at radius 1 is 1.24 bits per heavy atom. The van der Waals surface area contributed by atoms with Crippen molar-refractivity contribution in [3.8, 4) is 11.5 Å².